The van der Waals surface area contributed by atoms with Crippen LogP contribution in [0.25, 0.3) is 5.57 Å². The molecule has 0 heterocycles. The molecule has 0 fully saturated rings. The van der Waals surface area contributed by atoms with Gasteiger partial charge in [0.1, 0.15) is 6.29 Å². The van der Waals surface area contributed by atoms with Crippen molar-refractivity contribution in [2.75, 3.05) is 0 Å². The third kappa shape index (κ3) is 2.44. The van der Waals surface area contributed by atoms with Crippen LogP contribution in [0.5, 0.6) is 0 Å². The number of carbonyl (C=O) groups excluding carboxylic acids is 1. The summed E-state index contributed by atoms with van der Waals surface area (Å²) in [5.74, 6) is 0. The van der Waals surface area contributed by atoms with Crippen LogP contribution in [0, 0.1) is 6.92 Å². The predicted molar refractivity (Wildman–Crippen MR) is 87.7 cm³/mol. The highest BCUT2D eigenvalue weighted by molar-refractivity contribution is 5.87. The third-order valence-electron chi connectivity index (χ3n) is 4.38. The van der Waals surface area contributed by atoms with Crippen LogP contribution in [-0.2, 0) is 5.41 Å². The lowest BCUT2D eigenvalue weighted by molar-refractivity contribution is 0.112. The number of rotatable bonds is 2. The number of aldehydes is 1. The van der Waals surface area contributed by atoms with E-state index in [1.165, 1.54) is 27.8 Å². The Labute approximate surface area is 126 Å². The van der Waals surface area contributed by atoms with E-state index in [-0.39, 0.29) is 5.41 Å². The van der Waals surface area contributed by atoms with E-state index in [1.807, 2.05) is 12.1 Å². The zero-order chi connectivity index (χ0) is 15.0. The van der Waals surface area contributed by atoms with Crippen LogP contribution in [0.1, 0.15) is 52.9 Å². The first kappa shape index (κ1) is 13.8. The summed E-state index contributed by atoms with van der Waals surface area (Å²) in [6.07, 6.45) is 4.25. The van der Waals surface area contributed by atoms with Crippen LogP contribution < -0.4 is 0 Å². The number of carbonyl (C=O) groups is 1. The summed E-state index contributed by atoms with van der Waals surface area (Å²) in [5, 5.41) is 0. The number of allylic oxidation sites excluding steroid dienone is 1. The number of hydrogen-bond donors (Lipinski definition) is 0. The Morgan fingerprint density at radius 3 is 2.43 bits per heavy atom. The van der Waals surface area contributed by atoms with Crippen molar-refractivity contribution in [3.05, 3.63) is 76.4 Å². The average molecular weight is 276 g/mol. The van der Waals surface area contributed by atoms with E-state index in [0.717, 1.165) is 18.3 Å². The van der Waals surface area contributed by atoms with E-state index in [2.05, 4.69) is 57.2 Å². The molecular weight excluding hydrogens is 256 g/mol. The van der Waals surface area contributed by atoms with Gasteiger partial charge in [-0.3, -0.25) is 4.79 Å². The zero-order valence-electron chi connectivity index (χ0n) is 12.8. The van der Waals surface area contributed by atoms with Crippen LogP contribution in [0.3, 0.4) is 0 Å². The molecule has 3 rings (SSSR count). The number of aryl methyl sites for hydroxylation is 1. The number of hydrogen-bond acceptors (Lipinski definition) is 1. The summed E-state index contributed by atoms with van der Waals surface area (Å²) in [6.45, 7) is 6.62. The molecule has 106 valence electrons. The maximum absolute atomic E-state index is 11.1. The quantitative estimate of drug-likeness (QED) is 0.711. The normalized spacial score (nSPS) is 16.0. The lowest BCUT2D eigenvalue weighted by Gasteiger charge is -2.32. The van der Waals surface area contributed by atoms with E-state index in [1.54, 1.807) is 0 Å². The average Bonchev–Trinajstić information content (AvgIpc) is 2.48. The Balaban J connectivity index is 2.18. The van der Waals surface area contributed by atoms with Crippen molar-refractivity contribution in [3.8, 4) is 0 Å². The third-order valence-corrected chi connectivity index (χ3v) is 4.38. The monoisotopic (exact) mass is 276 g/mol. The van der Waals surface area contributed by atoms with Gasteiger partial charge in [-0.25, -0.2) is 0 Å². The maximum atomic E-state index is 11.1. The standard InChI is InChI=1S/C20H20O/c1-14-4-7-16(8-5-14)17-10-11-20(2,3)19-9-6-15(13-21)12-18(17)19/h4-10,12-13H,11H2,1-3H3. The maximum Gasteiger partial charge on any atom is 0.150 e. The molecule has 0 spiro atoms. The highest BCUT2D eigenvalue weighted by atomic mass is 16.1. The first-order valence-electron chi connectivity index (χ1n) is 7.38. The molecule has 21 heavy (non-hydrogen) atoms. The van der Waals surface area contributed by atoms with Crippen molar-refractivity contribution in [1.29, 1.82) is 0 Å². The van der Waals surface area contributed by atoms with E-state index >= 15 is 0 Å². The fraction of sp³-hybridized carbons (Fsp3) is 0.250. The molecule has 0 unspecified atom stereocenters. The minimum atomic E-state index is 0.116. The Bertz CT molecular complexity index is 718. The van der Waals surface area contributed by atoms with Crippen LogP contribution in [0.4, 0.5) is 0 Å². The first-order chi connectivity index (χ1) is 10.0. The van der Waals surface area contributed by atoms with Crippen molar-refractivity contribution < 1.29 is 4.79 Å². The van der Waals surface area contributed by atoms with Gasteiger partial charge in [-0.05, 0) is 47.1 Å². The molecule has 0 amide bonds. The molecule has 0 N–H and O–H groups in total. The molecule has 0 aliphatic heterocycles. The molecular formula is C20H20O. The van der Waals surface area contributed by atoms with Gasteiger partial charge in [-0.2, -0.15) is 0 Å². The number of fused-ring (bicyclic) bond motifs is 1. The molecule has 1 nitrogen and oxygen atoms in total. The van der Waals surface area contributed by atoms with Crippen molar-refractivity contribution in [2.24, 2.45) is 0 Å². The predicted octanol–water partition coefficient (Wildman–Crippen LogP) is 4.92. The lowest BCUT2D eigenvalue weighted by atomic mass is 9.72. The summed E-state index contributed by atoms with van der Waals surface area (Å²) >= 11 is 0. The first-order valence-corrected chi connectivity index (χ1v) is 7.38. The summed E-state index contributed by atoms with van der Waals surface area (Å²) in [5.41, 5.74) is 7.10. The Morgan fingerprint density at radius 2 is 1.76 bits per heavy atom. The Hall–Kier alpha value is -2.15. The minimum Gasteiger partial charge on any atom is -0.298 e. The summed E-state index contributed by atoms with van der Waals surface area (Å²) in [7, 11) is 0. The van der Waals surface area contributed by atoms with Gasteiger partial charge < -0.3 is 0 Å². The molecule has 0 bridgehead atoms. The topological polar surface area (TPSA) is 17.1 Å². The van der Waals surface area contributed by atoms with Gasteiger partial charge in [-0.1, -0.05) is 61.9 Å². The fourth-order valence-electron chi connectivity index (χ4n) is 3.03. The van der Waals surface area contributed by atoms with Crippen molar-refractivity contribution in [1.82, 2.24) is 0 Å². The Morgan fingerprint density at radius 1 is 1.05 bits per heavy atom. The van der Waals surface area contributed by atoms with Gasteiger partial charge in [0, 0.05) is 5.56 Å². The summed E-state index contributed by atoms with van der Waals surface area (Å²) < 4.78 is 0. The van der Waals surface area contributed by atoms with Crippen molar-refractivity contribution in [3.63, 3.8) is 0 Å². The smallest absolute Gasteiger partial charge is 0.150 e. The molecule has 2 aromatic rings. The highest BCUT2D eigenvalue weighted by Gasteiger charge is 2.28. The van der Waals surface area contributed by atoms with Crippen LogP contribution in [0.2, 0.25) is 0 Å². The van der Waals surface area contributed by atoms with Crippen LogP contribution >= 0.6 is 0 Å². The highest BCUT2D eigenvalue weighted by Crippen LogP contribution is 2.41. The second kappa shape index (κ2) is 5.00. The van der Waals surface area contributed by atoms with Gasteiger partial charge >= 0.3 is 0 Å². The SMILES string of the molecule is Cc1ccc(C2=CCC(C)(C)c3ccc(C=O)cc32)cc1. The fourth-order valence-corrected chi connectivity index (χ4v) is 3.03. The van der Waals surface area contributed by atoms with Gasteiger partial charge in [0.25, 0.3) is 0 Å². The van der Waals surface area contributed by atoms with Gasteiger partial charge in [0.05, 0.1) is 0 Å². The van der Waals surface area contributed by atoms with Gasteiger partial charge in [0.15, 0.2) is 0 Å². The molecule has 0 radical (unpaired) electrons. The van der Waals surface area contributed by atoms with Gasteiger partial charge in [0.2, 0.25) is 0 Å². The van der Waals surface area contributed by atoms with E-state index in [9.17, 15) is 4.79 Å². The molecule has 1 aliphatic rings. The zero-order valence-corrected chi connectivity index (χ0v) is 12.8. The molecule has 0 saturated carbocycles. The van der Waals surface area contributed by atoms with E-state index in [0.29, 0.717) is 0 Å². The van der Waals surface area contributed by atoms with E-state index in [4.69, 9.17) is 0 Å². The Kier molecular flexibility index (Phi) is 3.29. The van der Waals surface area contributed by atoms with Crippen molar-refractivity contribution in [2.45, 2.75) is 32.6 Å². The van der Waals surface area contributed by atoms with Crippen LogP contribution in [0.15, 0.2) is 48.5 Å². The number of benzene rings is 2. The van der Waals surface area contributed by atoms with Crippen LogP contribution in [-0.4, -0.2) is 6.29 Å². The van der Waals surface area contributed by atoms with Gasteiger partial charge in [-0.15, -0.1) is 0 Å². The molecule has 0 saturated heterocycles. The molecule has 0 aromatic heterocycles. The summed E-state index contributed by atoms with van der Waals surface area (Å²) in [6, 6.07) is 14.7. The minimum absolute atomic E-state index is 0.116. The molecule has 0 atom stereocenters. The second-order valence-corrected chi connectivity index (χ2v) is 6.49. The molecule has 1 aliphatic carbocycles. The second-order valence-electron chi connectivity index (χ2n) is 6.49. The molecule has 1 heteroatoms. The largest absolute Gasteiger partial charge is 0.298 e. The van der Waals surface area contributed by atoms with Crippen molar-refractivity contribution >= 4 is 11.9 Å². The van der Waals surface area contributed by atoms with E-state index < -0.39 is 0 Å². The lowest BCUT2D eigenvalue weighted by Crippen LogP contribution is -2.22. The summed E-state index contributed by atoms with van der Waals surface area (Å²) in [4.78, 5) is 11.1. The molecule has 2 aromatic carbocycles.